The third-order valence-electron chi connectivity index (χ3n) is 3.56. The van der Waals surface area contributed by atoms with Crippen LogP contribution in [0.2, 0.25) is 0 Å². The number of amidine groups is 1. The second kappa shape index (κ2) is 5.02. The van der Waals surface area contributed by atoms with Gasteiger partial charge in [-0.15, -0.1) is 0 Å². The van der Waals surface area contributed by atoms with Crippen molar-refractivity contribution in [2.45, 2.75) is 20.3 Å². The molecule has 3 nitrogen and oxygen atoms in total. The van der Waals surface area contributed by atoms with Gasteiger partial charge >= 0.3 is 0 Å². The maximum Gasteiger partial charge on any atom is 0.168 e. The van der Waals surface area contributed by atoms with Crippen LogP contribution in [-0.4, -0.2) is 29.7 Å². The zero-order valence-corrected chi connectivity index (χ0v) is 12.3. The molecule has 1 aromatic carbocycles. The first-order chi connectivity index (χ1) is 9.20. The predicted molar refractivity (Wildman–Crippen MR) is 83.1 cm³/mol. The normalized spacial score (nSPS) is 18.1. The number of hydrogen-bond acceptors (Lipinski definition) is 4. The van der Waals surface area contributed by atoms with Crippen molar-refractivity contribution in [1.29, 1.82) is 0 Å². The molecule has 0 aromatic heterocycles. The zero-order valence-electron chi connectivity index (χ0n) is 11.4. The first-order valence-corrected chi connectivity index (χ1v) is 7.53. The summed E-state index contributed by atoms with van der Waals surface area (Å²) in [6.07, 6.45) is 0.933. The Balaban J connectivity index is 2.08. The van der Waals surface area contributed by atoms with E-state index in [1.165, 1.54) is 27.3 Å². The van der Waals surface area contributed by atoms with Gasteiger partial charge in [-0.2, -0.15) is 0 Å². The molecule has 0 atom stereocenters. The van der Waals surface area contributed by atoms with Crippen LogP contribution in [0, 0.1) is 13.8 Å². The van der Waals surface area contributed by atoms with Crippen molar-refractivity contribution in [3.63, 3.8) is 0 Å². The van der Waals surface area contributed by atoms with E-state index in [1.54, 1.807) is 11.8 Å². The van der Waals surface area contributed by atoms with Crippen molar-refractivity contribution in [2.24, 2.45) is 10.7 Å². The smallest absolute Gasteiger partial charge is 0.168 e. The van der Waals surface area contributed by atoms with Gasteiger partial charge in [0.05, 0.1) is 12.2 Å². The Morgan fingerprint density at radius 1 is 1.37 bits per heavy atom. The molecule has 3 rings (SSSR count). The first kappa shape index (κ1) is 12.8. The summed E-state index contributed by atoms with van der Waals surface area (Å²) < 4.78 is 0. The summed E-state index contributed by atoms with van der Waals surface area (Å²) in [6, 6.07) is 6.67. The van der Waals surface area contributed by atoms with Crippen molar-refractivity contribution in [3.8, 4) is 0 Å². The van der Waals surface area contributed by atoms with E-state index >= 15 is 0 Å². The van der Waals surface area contributed by atoms with Crippen LogP contribution < -0.4 is 5.73 Å². The molecule has 0 aliphatic carbocycles. The van der Waals surface area contributed by atoms with Crippen molar-refractivity contribution in [1.82, 2.24) is 4.90 Å². The monoisotopic (exact) mass is 273 g/mol. The van der Waals surface area contributed by atoms with Gasteiger partial charge in [0.2, 0.25) is 0 Å². The van der Waals surface area contributed by atoms with E-state index in [4.69, 9.17) is 5.73 Å². The highest BCUT2D eigenvalue weighted by molar-refractivity contribution is 8.17. The molecule has 2 heterocycles. The van der Waals surface area contributed by atoms with Crippen molar-refractivity contribution >= 4 is 22.6 Å². The number of rotatable bonds is 3. The minimum absolute atomic E-state index is 0.692. The number of thioether (sulfide) groups is 1. The molecule has 0 bridgehead atoms. The van der Waals surface area contributed by atoms with E-state index in [2.05, 4.69) is 41.9 Å². The Bertz CT molecular complexity index is 575. The molecule has 2 N–H and O–H groups in total. The molecular weight excluding hydrogens is 254 g/mol. The topological polar surface area (TPSA) is 41.6 Å². The second-order valence-electron chi connectivity index (χ2n) is 5.05. The highest BCUT2D eigenvalue weighted by atomic mass is 32.2. The van der Waals surface area contributed by atoms with E-state index in [1.807, 2.05) is 0 Å². The third-order valence-corrected chi connectivity index (χ3v) is 4.73. The number of nitrogens with two attached hydrogens (primary N) is 1. The van der Waals surface area contributed by atoms with E-state index < -0.39 is 0 Å². The van der Waals surface area contributed by atoms with Gasteiger partial charge in [0.1, 0.15) is 0 Å². The Hall–Kier alpha value is -1.26. The number of fused-ring (bicyclic) bond motifs is 1. The standard InChI is InChI=1S/C15H19N3S/c1-10-3-4-12(11(2)9-10)14-13(5-6-16)19-15-17-7-8-18(14)15/h3-4,9H,5-8,16H2,1-2H3. The molecule has 0 fully saturated rings. The molecule has 0 saturated heterocycles. The fraction of sp³-hybridized carbons (Fsp3) is 0.400. The van der Waals surface area contributed by atoms with Crippen LogP contribution in [0.1, 0.15) is 23.1 Å². The third kappa shape index (κ3) is 2.19. The SMILES string of the molecule is Cc1ccc(C2=C(CCN)SC3=NCCN32)c(C)c1. The Morgan fingerprint density at radius 3 is 2.95 bits per heavy atom. The molecule has 0 amide bonds. The van der Waals surface area contributed by atoms with Crippen LogP contribution in [0.5, 0.6) is 0 Å². The molecule has 19 heavy (non-hydrogen) atoms. The molecule has 1 aromatic rings. The maximum atomic E-state index is 5.76. The van der Waals surface area contributed by atoms with Crippen LogP contribution >= 0.6 is 11.8 Å². The molecule has 2 aliphatic heterocycles. The molecule has 4 heteroatoms. The molecule has 2 aliphatic rings. The molecular formula is C15H19N3S. The van der Waals surface area contributed by atoms with Crippen LogP contribution in [0.3, 0.4) is 0 Å². The number of aliphatic imine (C=N–C) groups is 1. The van der Waals surface area contributed by atoms with Crippen molar-refractivity contribution in [3.05, 3.63) is 39.8 Å². The number of hydrogen-bond donors (Lipinski definition) is 1. The number of nitrogens with zero attached hydrogens (tertiary/aromatic N) is 2. The molecule has 0 radical (unpaired) electrons. The van der Waals surface area contributed by atoms with Gasteiger partial charge in [-0.25, -0.2) is 0 Å². The fourth-order valence-corrected chi connectivity index (χ4v) is 3.91. The van der Waals surface area contributed by atoms with Gasteiger partial charge in [-0.05, 0) is 32.4 Å². The summed E-state index contributed by atoms with van der Waals surface area (Å²) in [7, 11) is 0. The van der Waals surface area contributed by atoms with E-state index in [-0.39, 0.29) is 0 Å². The average Bonchev–Trinajstić information content (AvgIpc) is 2.91. The Kier molecular flexibility index (Phi) is 3.37. The lowest BCUT2D eigenvalue weighted by atomic mass is 10.0. The quantitative estimate of drug-likeness (QED) is 0.920. The van der Waals surface area contributed by atoms with Gasteiger partial charge in [-0.1, -0.05) is 35.5 Å². The zero-order chi connectivity index (χ0) is 13.4. The number of aryl methyl sites for hydroxylation is 2. The van der Waals surface area contributed by atoms with Crippen molar-refractivity contribution < 1.29 is 0 Å². The molecule has 100 valence electrons. The van der Waals surface area contributed by atoms with Gasteiger partial charge in [0.25, 0.3) is 0 Å². The maximum absolute atomic E-state index is 5.76. The minimum atomic E-state index is 0.692. The largest absolute Gasteiger partial charge is 0.330 e. The van der Waals surface area contributed by atoms with Crippen molar-refractivity contribution in [2.75, 3.05) is 19.6 Å². The Labute approximate surface area is 118 Å². The number of benzene rings is 1. The average molecular weight is 273 g/mol. The highest BCUT2D eigenvalue weighted by Crippen LogP contribution is 2.43. The van der Waals surface area contributed by atoms with E-state index in [9.17, 15) is 0 Å². The van der Waals surface area contributed by atoms with Crippen LogP contribution in [-0.2, 0) is 0 Å². The summed E-state index contributed by atoms with van der Waals surface area (Å²) in [4.78, 5) is 8.30. The lowest BCUT2D eigenvalue weighted by Crippen LogP contribution is -2.20. The van der Waals surface area contributed by atoms with Crippen LogP contribution in [0.25, 0.3) is 5.70 Å². The first-order valence-electron chi connectivity index (χ1n) is 6.71. The lowest BCUT2D eigenvalue weighted by Gasteiger charge is -2.19. The summed E-state index contributed by atoms with van der Waals surface area (Å²) >= 11 is 1.80. The Morgan fingerprint density at radius 2 is 2.21 bits per heavy atom. The molecule has 0 saturated carbocycles. The second-order valence-corrected chi connectivity index (χ2v) is 6.11. The van der Waals surface area contributed by atoms with E-state index in [0.717, 1.165) is 24.7 Å². The molecule has 0 unspecified atom stereocenters. The minimum Gasteiger partial charge on any atom is -0.330 e. The summed E-state index contributed by atoms with van der Waals surface area (Å²) in [5.41, 5.74) is 11.1. The molecule has 0 spiro atoms. The van der Waals surface area contributed by atoms with Crippen LogP contribution in [0.4, 0.5) is 0 Å². The summed E-state index contributed by atoms with van der Waals surface area (Å²) in [6.45, 7) is 6.92. The van der Waals surface area contributed by atoms with E-state index in [0.29, 0.717) is 6.54 Å². The van der Waals surface area contributed by atoms with Gasteiger partial charge in [0, 0.05) is 17.0 Å². The fourth-order valence-electron chi connectivity index (χ4n) is 2.71. The highest BCUT2D eigenvalue weighted by Gasteiger charge is 2.32. The predicted octanol–water partition coefficient (Wildman–Crippen LogP) is 2.74. The van der Waals surface area contributed by atoms with Gasteiger partial charge in [0.15, 0.2) is 5.17 Å². The van der Waals surface area contributed by atoms with Gasteiger partial charge in [-0.3, -0.25) is 4.99 Å². The summed E-state index contributed by atoms with van der Waals surface area (Å²) in [5, 5.41) is 1.15. The lowest BCUT2D eigenvalue weighted by molar-refractivity contribution is 0.645. The van der Waals surface area contributed by atoms with Gasteiger partial charge < -0.3 is 10.6 Å². The van der Waals surface area contributed by atoms with Crippen LogP contribution in [0.15, 0.2) is 28.1 Å². The summed E-state index contributed by atoms with van der Waals surface area (Å²) in [5.74, 6) is 0.